The number of aromatic nitrogens is 2. The Kier molecular flexibility index (Phi) is 4.89. The molecule has 0 fully saturated rings. The lowest BCUT2D eigenvalue weighted by Gasteiger charge is -2.21. The van der Waals surface area contributed by atoms with Crippen LogP contribution in [-0.4, -0.2) is 16.7 Å². The molecule has 0 saturated heterocycles. The predicted molar refractivity (Wildman–Crippen MR) is 85.0 cm³/mol. The molecular weight excluding hydrogens is 266 g/mol. The van der Waals surface area contributed by atoms with Crippen molar-refractivity contribution in [3.63, 3.8) is 0 Å². The molecule has 0 saturated carbocycles. The van der Waals surface area contributed by atoms with Gasteiger partial charge in [-0.3, -0.25) is 0 Å². The van der Waals surface area contributed by atoms with E-state index < -0.39 is 0 Å². The zero-order valence-electron chi connectivity index (χ0n) is 12.7. The van der Waals surface area contributed by atoms with Gasteiger partial charge in [0.05, 0.1) is 0 Å². The van der Waals surface area contributed by atoms with Crippen molar-refractivity contribution in [3.05, 3.63) is 45.9 Å². The van der Waals surface area contributed by atoms with Crippen LogP contribution < -0.4 is 5.32 Å². The molecule has 3 nitrogen and oxygen atoms in total. The highest BCUT2D eigenvalue weighted by Crippen LogP contribution is 2.33. The number of nitrogens with one attached hydrogen (secondary N) is 1. The van der Waals surface area contributed by atoms with E-state index in [0.29, 0.717) is 5.92 Å². The van der Waals surface area contributed by atoms with Gasteiger partial charge in [0.1, 0.15) is 10.0 Å². The minimum absolute atomic E-state index is 0.0881. The monoisotopic (exact) mass is 289 g/mol. The van der Waals surface area contributed by atoms with Crippen molar-refractivity contribution in [2.45, 2.75) is 39.7 Å². The lowest BCUT2D eigenvalue weighted by molar-refractivity contribution is 0.549. The molecule has 1 aromatic carbocycles. The maximum atomic E-state index is 4.39. The van der Waals surface area contributed by atoms with Crippen LogP contribution in [0.2, 0.25) is 0 Å². The Labute approximate surface area is 125 Å². The third-order valence-corrected chi connectivity index (χ3v) is 4.57. The summed E-state index contributed by atoms with van der Waals surface area (Å²) in [6.07, 6.45) is 0. The topological polar surface area (TPSA) is 37.8 Å². The predicted octanol–water partition coefficient (Wildman–Crippen LogP) is 3.61. The lowest BCUT2D eigenvalue weighted by Crippen LogP contribution is -2.19. The van der Waals surface area contributed by atoms with E-state index in [-0.39, 0.29) is 5.41 Å². The Bertz CT molecular complexity index is 532. The third kappa shape index (κ3) is 3.64. The van der Waals surface area contributed by atoms with Gasteiger partial charge in [-0.25, -0.2) is 0 Å². The van der Waals surface area contributed by atoms with Crippen molar-refractivity contribution in [2.24, 2.45) is 5.92 Å². The molecule has 0 atom stereocenters. The summed E-state index contributed by atoms with van der Waals surface area (Å²) in [6, 6.07) is 10.5. The molecule has 20 heavy (non-hydrogen) atoms. The van der Waals surface area contributed by atoms with Gasteiger partial charge >= 0.3 is 0 Å². The Hall–Kier alpha value is -1.26. The molecule has 0 bridgehead atoms. The Balaban J connectivity index is 2.08. The second-order valence-corrected chi connectivity index (χ2v) is 7.08. The Morgan fingerprint density at radius 2 is 1.85 bits per heavy atom. The number of hydrogen-bond donors (Lipinski definition) is 1. The normalized spacial score (nSPS) is 12.1. The molecule has 0 unspecified atom stereocenters. The van der Waals surface area contributed by atoms with E-state index in [1.54, 1.807) is 11.3 Å². The van der Waals surface area contributed by atoms with Gasteiger partial charge in [0.15, 0.2) is 0 Å². The van der Waals surface area contributed by atoms with Crippen molar-refractivity contribution >= 4 is 11.3 Å². The summed E-state index contributed by atoms with van der Waals surface area (Å²) < 4.78 is 0. The largest absolute Gasteiger partial charge is 0.310 e. The number of rotatable bonds is 6. The highest BCUT2D eigenvalue weighted by molar-refractivity contribution is 7.11. The van der Waals surface area contributed by atoms with Crippen LogP contribution in [-0.2, 0) is 12.0 Å². The molecule has 1 N–H and O–H groups in total. The lowest BCUT2D eigenvalue weighted by atomic mass is 9.85. The van der Waals surface area contributed by atoms with Crippen molar-refractivity contribution in [1.29, 1.82) is 0 Å². The number of hydrogen-bond acceptors (Lipinski definition) is 4. The molecular formula is C16H23N3S. The zero-order chi connectivity index (χ0) is 14.6. The second-order valence-electron chi connectivity index (χ2n) is 6.02. The summed E-state index contributed by atoms with van der Waals surface area (Å²) in [7, 11) is 0. The molecule has 108 valence electrons. The van der Waals surface area contributed by atoms with Crippen LogP contribution in [0.25, 0.3) is 0 Å². The standard InChI is InChI=1S/C16H23N3S/c1-12(2)10-17-11-14-18-19-15(20-14)16(3,4)13-8-6-5-7-9-13/h5-9,12,17H,10-11H2,1-4H3. The Morgan fingerprint density at radius 1 is 1.15 bits per heavy atom. The van der Waals surface area contributed by atoms with Crippen molar-refractivity contribution in [3.8, 4) is 0 Å². The van der Waals surface area contributed by atoms with Gasteiger partial charge in [0.25, 0.3) is 0 Å². The summed E-state index contributed by atoms with van der Waals surface area (Å²) in [5.74, 6) is 0.656. The van der Waals surface area contributed by atoms with E-state index in [4.69, 9.17) is 0 Å². The maximum absolute atomic E-state index is 4.39. The maximum Gasteiger partial charge on any atom is 0.131 e. The summed E-state index contributed by atoms with van der Waals surface area (Å²) in [4.78, 5) is 0. The fourth-order valence-corrected chi connectivity index (χ4v) is 2.96. The first-order valence-electron chi connectivity index (χ1n) is 7.09. The fraction of sp³-hybridized carbons (Fsp3) is 0.500. The molecule has 0 radical (unpaired) electrons. The highest BCUT2D eigenvalue weighted by Gasteiger charge is 2.27. The van der Waals surface area contributed by atoms with Crippen LogP contribution in [0.3, 0.4) is 0 Å². The molecule has 2 aromatic rings. The van der Waals surface area contributed by atoms with Gasteiger partial charge in [-0.1, -0.05) is 55.5 Å². The van der Waals surface area contributed by atoms with Crippen molar-refractivity contribution in [1.82, 2.24) is 15.5 Å². The van der Waals surface area contributed by atoms with Gasteiger partial charge in [-0.2, -0.15) is 0 Å². The van der Waals surface area contributed by atoms with E-state index >= 15 is 0 Å². The molecule has 4 heteroatoms. The quantitative estimate of drug-likeness (QED) is 0.883. The van der Waals surface area contributed by atoms with Gasteiger partial charge < -0.3 is 5.32 Å². The van der Waals surface area contributed by atoms with Gasteiger partial charge in [0.2, 0.25) is 0 Å². The van der Waals surface area contributed by atoms with Gasteiger partial charge in [-0.05, 0) is 31.9 Å². The SMILES string of the molecule is CC(C)CNCc1nnc(C(C)(C)c2ccccc2)s1. The first-order chi connectivity index (χ1) is 9.50. The first-order valence-corrected chi connectivity index (χ1v) is 7.91. The highest BCUT2D eigenvalue weighted by atomic mass is 32.1. The van der Waals surface area contributed by atoms with E-state index in [9.17, 15) is 0 Å². The molecule has 1 aromatic heterocycles. The van der Waals surface area contributed by atoms with Crippen molar-refractivity contribution < 1.29 is 0 Å². The molecule has 0 aliphatic carbocycles. The van der Waals surface area contributed by atoms with E-state index in [1.807, 2.05) is 6.07 Å². The van der Waals surface area contributed by atoms with Crippen molar-refractivity contribution in [2.75, 3.05) is 6.54 Å². The number of benzene rings is 1. The molecule has 0 spiro atoms. The molecule has 1 heterocycles. The van der Waals surface area contributed by atoms with Crippen LogP contribution in [0.15, 0.2) is 30.3 Å². The minimum atomic E-state index is -0.0881. The van der Waals surface area contributed by atoms with Crippen LogP contribution in [0, 0.1) is 5.92 Å². The fourth-order valence-electron chi connectivity index (χ4n) is 2.02. The molecule has 0 amide bonds. The van der Waals surface area contributed by atoms with Crippen LogP contribution in [0.4, 0.5) is 0 Å². The smallest absolute Gasteiger partial charge is 0.131 e. The third-order valence-electron chi connectivity index (χ3n) is 3.33. The molecule has 2 rings (SSSR count). The molecule has 0 aliphatic rings. The number of nitrogens with zero attached hydrogens (tertiary/aromatic N) is 2. The van der Waals surface area contributed by atoms with Crippen LogP contribution in [0.1, 0.15) is 43.3 Å². The van der Waals surface area contributed by atoms with E-state index in [1.165, 1.54) is 5.56 Å². The van der Waals surface area contributed by atoms with Gasteiger partial charge in [0, 0.05) is 12.0 Å². The van der Waals surface area contributed by atoms with Gasteiger partial charge in [-0.15, -0.1) is 10.2 Å². The van der Waals surface area contributed by atoms with E-state index in [0.717, 1.165) is 23.1 Å². The summed E-state index contributed by atoms with van der Waals surface area (Å²) >= 11 is 1.70. The second kappa shape index (κ2) is 6.46. The van der Waals surface area contributed by atoms with Crippen LogP contribution in [0.5, 0.6) is 0 Å². The average molecular weight is 289 g/mol. The average Bonchev–Trinajstić information content (AvgIpc) is 2.89. The van der Waals surface area contributed by atoms with E-state index in [2.05, 4.69) is 67.5 Å². The first kappa shape index (κ1) is 15.1. The Morgan fingerprint density at radius 3 is 2.50 bits per heavy atom. The minimum Gasteiger partial charge on any atom is -0.310 e. The molecule has 0 aliphatic heterocycles. The van der Waals surface area contributed by atoms with Crippen LogP contribution >= 0.6 is 11.3 Å². The zero-order valence-corrected chi connectivity index (χ0v) is 13.5. The summed E-state index contributed by atoms with van der Waals surface area (Å²) in [5, 5.41) is 14.2. The summed E-state index contributed by atoms with van der Waals surface area (Å²) in [5.41, 5.74) is 1.19. The summed E-state index contributed by atoms with van der Waals surface area (Å²) in [6.45, 7) is 10.6.